The average Bonchev–Trinajstić information content (AvgIpc) is 2.85. The fraction of sp³-hybridized carbons (Fsp3) is 0.222. The zero-order valence-electron chi connectivity index (χ0n) is 13.3. The first kappa shape index (κ1) is 17.5. The molecule has 0 spiro atoms. The summed E-state index contributed by atoms with van der Waals surface area (Å²) in [6.45, 7) is 1.26. The van der Waals surface area contributed by atoms with Gasteiger partial charge in [0.1, 0.15) is 6.07 Å². The molecule has 0 saturated carbocycles. The zero-order chi connectivity index (χ0) is 17.6. The number of carbonyl (C=O) groups is 1. The Bertz CT molecular complexity index is 836. The van der Waals surface area contributed by atoms with Gasteiger partial charge in [-0.3, -0.25) is 4.79 Å². The molecule has 5 nitrogen and oxygen atoms in total. The van der Waals surface area contributed by atoms with Gasteiger partial charge in [-0.25, -0.2) is 0 Å². The maximum atomic E-state index is 12.2. The van der Waals surface area contributed by atoms with Gasteiger partial charge in [0.15, 0.2) is 11.5 Å². The van der Waals surface area contributed by atoms with E-state index in [-0.39, 0.29) is 11.7 Å². The zero-order valence-corrected chi connectivity index (χ0v) is 14.8. The predicted octanol–water partition coefficient (Wildman–Crippen LogP) is 4.10. The number of carbonyl (C=O) groups excluding carboxylic acids is 1. The topological polar surface area (TPSA) is 71.4 Å². The van der Waals surface area contributed by atoms with E-state index in [0.29, 0.717) is 35.2 Å². The number of nitrogens with zero attached hydrogens (tertiary/aromatic N) is 1. The van der Waals surface area contributed by atoms with Gasteiger partial charge in [-0.15, -0.1) is 11.8 Å². The van der Waals surface area contributed by atoms with Crippen molar-refractivity contribution in [1.82, 2.24) is 0 Å². The third kappa shape index (κ3) is 4.59. The van der Waals surface area contributed by atoms with Crippen LogP contribution in [-0.2, 0) is 4.79 Å². The van der Waals surface area contributed by atoms with Gasteiger partial charge < -0.3 is 14.8 Å². The van der Waals surface area contributed by atoms with Crippen LogP contribution in [-0.4, -0.2) is 24.9 Å². The quantitative estimate of drug-likeness (QED) is 0.815. The second kappa shape index (κ2) is 8.15. The summed E-state index contributed by atoms with van der Waals surface area (Å²) in [4.78, 5) is 13.1. The van der Waals surface area contributed by atoms with E-state index in [1.54, 1.807) is 18.2 Å². The monoisotopic (exact) mass is 374 g/mol. The van der Waals surface area contributed by atoms with Crippen LogP contribution in [0, 0.1) is 11.3 Å². The number of nitriles is 1. The molecule has 0 radical (unpaired) electrons. The number of thioether (sulfide) groups is 1. The van der Waals surface area contributed by atoms with Crippen molar-refractivity contribution in [3.8, 4) is 17.6 Å². The van der Waals surface area contributed by atoms with Crippen LogP contribution in [0.5, 0.6) is 11.5 Å². The number of hydrogen-bond acceptors (Lipinski definition) is 5. The minimum absolute atomic E-state index is 0.205. The lowest BCUT2D eigenvalue weighted by molar-refractivity contribution is -0.113. The Balaban J connectivity index is 1.62. The molecule has 0 saturated heterocycles. The van der Waals surface area contributed by atoms with Crippen molar-refractivity contribution in [3.05, 3.63) is 47.0 Å². The number of nitrogens with one attached hydrogen (secondary N) is 1. The summed E-state index contributed by atoms with van der Waals surface area (Å²) >= 11 is 7.30. The maximum absolute atomic E-state index is 12.2. The summed E-state index contributed by atoms with van der Waals surface area (Å²) in [6.07, 6.45) is 0.848. The minimum Gasteiger partial charge on any atom is -0.490 e. The van der Waals surface area contributed by atoms with Crippen molar-refractivity contribution < 1.29 is 14.3 Å². The number of hydrogen-bond donors (Lipinski definition) is 1. The number of halogens is 1. The van der Waals surface area contributed by atoms with Gasteiger partial charge in [-0.1, -0.05) is 11.6 Å². The van der Waals surface area contributed by atoms with Crippen LogP contribution in [0.3, 0.4) is 0 Å². The Kier molecular flexibility index (Phi) is 5.69. The number of anilines is 1. The molecule has 1 N–H and O–H groups in total. The molecule has 0 aromatic heterocycles. The van der Waals surface area contributed by atoms with Crippen LogP contribution in [0.15, 0.2) is 41.3 Å². The van der Waals surface area contributed by atoms with Crippen molar-refractivity contribution in [2.45, 2.75) is 11.3 Å². The van der Waals surface area contributed by atoms with Crippen LogP contribution in [0.4, 0.5) is 5.69 Å². The van der Waals surface area contributed by atoms with Gasteiger partial charge in [0.25, 0.3) is 0 Å². The Morgan fingerprint density at radius 3 is 2.80 bits per heavy atom. The Morgan fingerprint density at radius 1 is 1.20 bits per heavy atom. The van der Waals surface area contributed by atoms with E-state index in [0.717, 1.165) is 17.1 Å². The van der Waals surface area contributed by atoms with Crippen LogP contribution in [0.1, 0.15) is 12.0 Å². The lowest BCUT2D eigenvalue weighted by Gasteiger charge is -2.10. The summed E-state index contributed by atoms with van der Waals surface area (Å²) in [5, 5.41) is 12.3. The third-order valence-corrected chi connectivity index (χ3v) is 4.69. The highest BCUT2D eigenvalue weighted by Crippen LogP contribution is 2.34. The first-order valence-corrected chi connectivity index (χ1v) is 9.04. The Morgan fingerprint density at radius 2 is 2.00 bits per heavy atom. The standard InChI is InChI=1S/C18H15ClN2O3S/c19-13-3-2-12(10-20)15(8-13)21-18(22)11-25-14-4-5-16-17(9-14)24-7-1-6-23-16/h2-5,8-9H,1,6-7,11H2,(H,21,22). The lowest BCUT2D eigenvalue weighted by Crippen LogP contribution is -2.14. The first-order valence-electron chi connectivity index (χ1n) is 7.67. The maximum Gasteiger partial charge on any atom is 0.234 e. The molecule has 7 heteroatoms. The van der Waals surface area contributed by atoms with E-state index in [1.807, 2.05) is 24.3 Å². The molecule has 0 atom stereocenters. The fourth-order valence-corrected chi connectivity index (χ4v) is 3.18. The molecule has 0 bridgehead atoms. The molecule has 2 aromatic carbocycles. The highest BCUT2D eigenvalue weighted by Gasteiger charge is 2.12. The van der Waals surface area contributed by atoms with Gasteiger partial charge in [0.2, 0.25) is 5.91 Å². The normalized spacial score (nSPS) is 12.8. The van der Waals surface area contributed by atoms with Gasteiger partial charge >= 0.3 is 0 Å². The fourth-order valence-electron chi connectivity index (χ4n) is 2.29. The molecular weight excluding hydrogens is 360 g/mol. The molecule has 0 aliphatic carbocycles. The van der Waals surface area contributed by atoms with Crippen LogP contribution < -0.4 is 14.8 Å². The highest BCUT2D eigenvalue weighted by molar-refractivity contribution is 8.00. The van der Waals surface area contributed by atoms with Crippen LogP contribution >= 0.6 is 23.4 Å². The van der Waals surface area contributed by atoms with Crippen molar-refractivity contribution in [3.63, 3.8) is 0 Å². The first-order chi connectivity index (χ1) is 12.2. The van der Waals surface area contributed by atoms with E-state index in [4.69, 9.17) is 26.3 Å². The second-order valence-electron chi connectivity index (χ2n) is 5.30. The lowest BCUT2D eigenvalue weighted by atomic mass is 10.2. The van der Waals surface area contributed by atoms with Gasteiger partial charge in [0.05, 0.1) is 30.2 Å². The molecule has 0 unspecified atom stereocenters. The van der Waals surface area contributed by atoms with E-state index >= 15 is 0 Å². The van der Waals surface area contributed by atoms with E-state index in [2.05, 4.69) is 5.32 Å². The Hall–Kier alpha value is -2.36. The molecule has 128 valence electrons. The van der Waals surface area contributed by atoms with E-state index in [9.17, 15) is 4.79 Å². The number of rotatable bonds is 4. The Labute approximate surface area is 154 Å². The number of fused-ring (bicyclic) bond motifs is 1. The van der Waals surface area contributed by atoms with Gasteiger partial charge in [0, 0.05) is 16.3 Å². The summed E-state index contributed by atoms with van der Waals surface area (Å²) in [6, 6.07) is 12.4. The SMILES string of the molecule is N#Cc1ccc(Cl)cc1NC(=O)CSc1ccc2c(c1)OCCCO2. The van der Waals surface area contributed by atoms with Gasteiger partial charge in [-0.05, 0) is 36.4 Å². The summed E-state index contributed by atoms with van der Waals surface area (Å²) < 4.78 is 11.2. The second-order valence-corrected chi connectivity index (χ2v) is 6.78. The minimum atomic E-state index is -0.212. The van der Waals surface area contributed by atoms with Crippen molar-refractivity contribution in [2.75, 3.05) is 24.3 Å². The smallest absolute Gasteiger partial charge is 0.234 e. The third-order valence-electron chi connectivity index (χ3n) is 3.47. The number of amides is 1. The highest BCUT2D eigenvalue weighted by atomic mass is 35.5. The van der Waals surface area contributed by atoms with Crippen LogP contribution in [0.25, 0.3) is 0 Å². The molecule has 1 amide bonds. The van der Waals surface area contributed by atoms with Gasteiger partial charge in [-0.2, -0.15) is 5.26 Å². The van der Waals surface area contributed by atoms with Crippen molar-refractivity contribution in [2.24, 2.45) is 0 Å². The average molecular weight is 375 g/mol. The molecule has 1 aliphatic heterocycles. The van der Waals surface area contributed by atoms with Crippen molar-refractivity contribution in [1.29, 1.82) is 5.26 Å². The molecular formula is C18H15ClN2O3S. The number of benzene rings is 2. The molecule has 25 heavy (non-hydrogen) atoms. The molecule has 3 rings (SSSR count). The molecule has 1 aliphatic rings. The largest absolute Gasteiger partial charge is 0.490 e. The van der Waals surface area contributed by atoms with Crippen molar-refractivity contribution >= 4 is 35.0 Å². The molecule has 1 heterocycles. The summed E-state index contributed by atoms with van der Waals surface area (Å²) in [5.41, 5.74) is 0.789. The van der Waals surface area contributed by atoms with E-state index < -0.39 is 0 Å². The van der Waals surface area contributed by atoms with Crippen LogP contribution in [0.2, 0.25) is 5.02 Å². The molecule has 0 fully saturated rings. The molecule has 2 aromatic rings. The number of ether oxygens (including phenoxy) is 2. The predicted molar refractivity (Wildman–Crippen MR) is 97.6 cm³/mol. The van der Waals surface area contributed by atoms with E-state index in [1.165, 1.54) is 11.8 Å². The summed E-state index contributed by atoms with van der Waals surface area (Å²) in [5.74, 6) is 1.42. The summed E-state index contributed by atoms with van der Waals surface area (Å²) in [7, 11) is 0.